The fraction of sp³-hybridized carbons (Fsp3) is 0.522. The number of amides is 1. The molecule has 2 atom stereocenters. The minimum absolute atomic E-state index is 0.165. The summed E-state index contributed by atoms with van der Waals surface area (Å²) >= 11 is 0. The van der Waals surface area contributed by atoms with Crippen molar-refractivity contribution in [1.29, 1.82) is 0 Å². The smallest absolute Gasteiger partial charge is 0.326 e. The summed E-state index contributed by atoms with van der Waals surface area (Å²) < 4.78 is 0. The van der Waals surface area contributed by atoms with E-state index in [1.807, 2.05) is 0 Å². The van der Waals surface area contributed by atoms with E-state index in [-0.39, 0.29) is 5.69 Å². The van der Waals surface area contributed by atoms with Crippen LogP contribution in [-0.2, 0) is 17.6 Å². The molecule has 0 spiro atoms. The molecule has 2 aliphatic rings. The predicted molar refractivity (Wildman–Crippen MR) is 119 cm³/mol. The van der Waals surface area contributed by atoms with E-state index in [1.54, 1.807) is 0 Å². The van der Waals surface area contributed by atoms with Crippen LogP contribution in [0.25, 0.3) is 0 Å². The molecule has 4 rings (SSSR count). The van der Waals surface area contributed by atoms with Crippen molar-refractivity contribution in [1.82, 2.24) is 25.2 Å². The monoisotopic (exact) mass is 438 g/mol. The fourth-order valence-electron chi connectivity index (χ4n) is 4.44. The van der Waals surface area contributed by atoms with Gasteiger partial charge in [0.25, 0.3) is 5.91 Å². The highest BCUT2D eigenvalue weighted by atomic mass is 16.4. The lowest BCUT2D eigenvalue weighted by Gasteiger charge is -2.20. The Morgan fingerprint density at radius 3 is 3.03 bits per heavy atom. The number of aliphatic carboxylic acids is 1. The SMILES string of the molecule is O=C(NC(CCN1CCC(CCc2ccc3c(n2)NCCC3)C1)C(=O)O)c1ccncn1. The second-order valence-corrected chi connectivity index (χ2v) is 8.58. The quantitative estimate of drug-likeness (QED) is 0.542. The molecule has 0 aromatic carbocycles. The molecule has 3 N–H and O–H groups in total. The fourth-order valence-corrected chi connectivity index (χ4v) is 4.44. The summed E-state index contributed by atoms with van der Waals surface area (Å²) in [6.07, 6.45) is 8.49. The van der Waals surface area contributed by atoms with Crippen LogP contribution in [0.4, 0.5) is 5.82 Å². The summed E-state index contributed by atoms with van der Waals surface area (Å²) in [5.41, 5.74) is 2.61. The van der Waals surface area contributed by atoms with Crippen LogP contribution in [0, 0.1) is 5.92 Å². The molecule has 170 valence electrons. The minimum Gasteiger partial charge on any atom is -0.480 e. The molecule has 2 unspecified atom stereocenters. The summed E-state index contributed by atoms with van der Waals surface area (Å²) in [5.74, 6) is 0.103. The Hall–Kier alpha value is -3.07. The molecule has 0 aliphatic carbocycles. The van der Waals surface area contributed by atoms with Crippen LogP contribution in [0.3, 0.4) is 0 Å². The van der Waals surface area contributed by atoms with Gasteiger partial charge in [-0.2, -0.15) is 0 Å². The summed E-state index contributed by atoms with van der Waals surface area (Å²) in [4.78, 5) is 38.6. The Bertz CT molecular complexity index is 939. The number of likely N-dealkylation sites (tertiary alicyclic amines) is 1. The number of carboxylic acid groups (broad SMARTS) is 1. The second kappa shape index (κ2) is 10.5. The van der Waals surface area contributed by atoms with Crippen LogP contribution < -0.4 is 10.6 Å². The van der Waals surface area contributed by atoms with Crippen LogP contribution in [0.15, 0.2) is 30.7 Å². The van der Waals surface area contributed by atoms with Gasteiger partial charge in [-0.05, 0) is 68.7 Å². The van der Waals surface area contributed by atoms with E-state index in [2.05, 4.69) is 37.6 Å². The Kier molecular flexibility index (Phi) is 7.26. The Morgan fingerprint density at radius 2 is 2.22 bits per heavy atom. The molecular formula is C23H30N6O3. The van der Waals surface area contributed by atoms with Crippen LogP contribution >= 0.6 is 0 Å². The Balaban J connectivity index is 1.22. The first kappa shape index (κ1) is 22.1. The number of rotatable bonds is 9. The standard InChI is InChI=1S/C23H30N6O3/c30-22(19-7-11-24-15-26-19)28-20(23(31)32)9-13-29-12-8-16(14-29)3-5-18-6-4-17-2-1-10-25-21(17)27-18/h4,6-7,11,15-16,20H,1-3,5,8-10,12-14H2,(H,25,27)(H,28,30)(H,31,32). The van der Waals surface area contributed by atoms with Crippen molar-refractivity contribution >= 4 is 17.7 Å². The zero-order valence-electron chi connectivity index (χ0n) is 18.2. The van der Waals surface area contributed by atoms with E-state index in [9.17, 15) is 14.7 Å². The summed E-state index contributed by atoms with van der Waals surface area (Å²) in [7, 11) is 0. The third-order valence-corrected chi connectivity index (χ3v) is 6.28. The molecule has 9 heteroatoms. The van der Waals surface area contributed by atoms with Crippen molar-refractivity contribution in [3.8, 4) is 0 Å². The van der Waals surface area contributed by atoms with Gasteiger partial charge in [-0.15, -0.1) is 0 Å². The van der Waals surface area contributed by atoms with E-state index in [1.165, 1.54) is 30.6 Å². The zero-order valence-corrected chi connectivity index (χ0v) is 18.2. The Morgan fingerprint density at radius 1 is 1.31 bits per heavy atom. The van der Waals surface area contributed by atoms with Gasteiger partial charge in [0.15, 0.2) is 0 Å². The van der Waals surface area contributed by atoms with Gasteiger partial charge in [0.2, 0.25) is 0 Å². The van der Waals surface area contributed by atoms with Crippen LogP contribution in [-0.4, -0.2) is 69.1 Å². The van der Waals surface area contributed by atoms with Crippen molar-refractivity contribution in [2.75, 3.05) is 31.5 Å². The molecule has 32 heavy (non-hydrogen) atoms. The first-order valence-electron chi connectivity index (χ1n) is 11.3. The number of nitrogens with zero attached hydrogens (tertiary/aromatic N) is 4. The maximum absolute atomic E-state index is 12.2. The lowest BCUT2D eigenvalue weighted by atomic mass is 10.00. The van der Waals surface area contributed by atoms with Gasteiger partial charge < -0.3 is 20.6 Å². The maximum Gasteiger partial charge on any atom is 0.326 e. The molecule has 9 nitrogen and oxygen atoms in total. The first-order chi connectivity index (χ1) is 15.6. The average molecular weight is 439 g/mol. The lowest BCUT2D eigenvalue weighted by Crippen LogP contribution is -2.43. The first-order valence-corrected chi connectivity index (χ1v) is 11.3. The molecule has 0 saturated carbocycles. The number of carbonyl (C=O) groups excluding carboxylic acids is 1. The lowest BCUT2D eigenvalue weighted by molar-refractivity contribution is -0.139. The predicted octanol–water partition coefficient (Wildman–Crippen LogP) is 1.76. The number of hydrogen-bond donors (Lipinski definition) is 3. The van der Waals surface area contributed by atoms with Gasteiger partial charge in [-0.1, -0.05) is 6.07 Å². The average Bonchev–Trinajstić information content (AvgIpc) is 3.28. The van der Waals surface area contributed by atoms with E-state index in [0.29, 0.717) is 18.9 Å². The topological polar surface area (TPSA) is 120 Å². The molecule has 1 amide bonds. The summed E-state index contributed by atoms with van der Waals surface area (Å²) in [6, 6.07) is 4.87. The highest BCUT2D eigenvalue weighted by molar-refractivity contribution is 5.94. The van der Waals surface area contributed by atoms with Gasteiger partial charge >= 0.3 is 5.97 Å². The number of hydrogen-bond acceptors (Lipinski definition) is 7. The Labute approximate surface area is 187 Å². The molecule has 0 radical (unpaired) electrons. The second-order valence-electron chi connectivity index (χ2n) is 8.58. The highest BCUT2D eigenvalue weighted by Gasteiger charge is 2.26. The molecule has 1 saturated heterocycles. The van der Waals surface area contributed by atoms with E-state index in [4.69, 9.17) is 4.98 Å². The number of carboxylic acids is 1. The van der Waals surface area contributed by atoms with Gasteiger partial charge in [0.05, 0.1) is 0 Å². The number of anilines is 1. The minimum atomic E-state index is -1.03. The number of nitrogens with one attached hydrogen (secondary N) is 2. The van der Waals surface area contributed by atoms with Gasteiger partial charge in [0, 0.05) is 31.5 Å². The molecular weight excluding hydrogens is 408 g/mol. The van der Waals surface area contributed by atoms with E-state index < -0.39 is 17.9 Å². The van der Waals surface area contributed by atoms with Crippen molar-refractivity contribution in [3.63, 3.8) is 0 Å². The third kappa shape index (κ3) is 5.79. The van der Waals surface area contributed by atoms with Gasteiger partial charge in [-0.25, -0.2) is 19.7 Å². The zero-order chi connectivity index (χ0) is 22.3. The summed E-state index contributed by atoms with van der Waals surface area (Å²) in [5, 5.41) is 15.5. The number of aromatic nitrogens is 3. The van der Waals surface area contributed by atoms with Crippen molar-refractivity contribution in [2.24, 2.45) is 5.92 Å². The molecule has 2 aromatic heterocycles. The summed E-state index contributed by atoms with van der Waals surface area (Å²) in [6.45, 7) is 3.54. The number of aryl methyl sites for hydroxylation is 2. The van der Waals surface area contributed by atoms with Gasteiger partial charge in [0.1, 0.15) is 23.9 Å². The van der Waals surface area contributed by atoms with Crippen LogP contribution in [0.5, 0.6) is 0 Å². The third-order valence-electron chi connectivity index (χ3n) is 6.28. The largest absolute Gasteiger partial charge is 0.480 e. The number of fused-ring (bicyclic) bond motifs is 1. The van der Waals surface area contributed by atoms with Crippen LogP contribution in [0.1, 0.15) is 47.4 Å². The molecule has 2 aromatic rings. The number of pyridine rings is 1. The van der Waals surface area contributed by atoms with Crippen LogP contribution in [0.2, 0.25) is 0 Å². The van der Waals surface area contributed by atoms with Crippen molar-refractivity contribution in [2.45, 2.75) is 44.6 Å². The van der Waals surface area contributed by atoms with Gasteiger partial charge in [-0.3, -0.25) is 4.79 Å². The van der Waals surface area contributed by atoms with Crippen molar-refractivity contribution in [3.05, 3.63) is 47.7 Å². The van der Waals surface area contributed by atoms with E-state index >= 15 is 0 Å². The maximum atomic E-state index is 12.2. The molecule has 2 aliphatic heterocycles. The number of carbonyl (C=O) groups is 2. The van der Waals surface area contributed by atoms with E-state index in [0.717, 1.165) is 56.8 Å². The molecule has 1 fully saturated rings. The highest BCUT2D eigenvalue weighted by Crippen LogP contribution is 2.24. The molecule has 4 heterocycles. The molecule has 0 bridgehead atoms. The normalized spacial score (nSPS) is 19.1. The van der Waals surface area contributed by atoms with Crippen molar-refractivity contribution < 1.29 is 14.7 Å².